The number of carboxylic acid groups (broad SMARTS) is 1. The van der Waals surface area contributed by atoms with Gasteiger partial charge < -0.3 is 24.2 Å². The first kappa shape index (κ1) is 14.4. The van der Waals surface area contributed by atoms with Gasteiger partial charge in [-0.15, -0.1) is 0 Å². The minimum absolute atomic E-state index is 0.0128. The maximum Gasteiger partial charge on any atom is 0.328 e. The first-order chi connectivity index (χ1) is 10.6. The summed E-state index contributed by atoms with van der Waals surface area (Å²) in [6, 6.07) is 4.38. The van der Waals surface area contributed by atoms with E-state index in [1.54, 1.807) is 24.3 Å². The van der Waals surface area contributed by atoms with E-state index in [9.17, 15) is 9.59 Å². The molecule has 22 heavy (non-hydrogen) atoms. The second kappa shape index (κ2) is 6.07. The molecular weight excluding hydrogens is 290 g/mol. The molecule has 2 aliphatic heterocycles. The molecule has 0 radical (unpaired) electrons. The van der Waals surface area contributed by atoms with Gasteiger partial charge in [0.2, 0.25) is 12.7 Å². The molecule has 1 unspecified atom stereocenters. The summed E-state index contributed by atoms with van der Waals surface area (Å²) in [5.41, 5.74) is 0.776. The second-order valence-corrected chi connectivity index (χ2v) is 4.91. The molecule has 7 nitrogen and oxygen atoms in total. The number of morpholine rings is 1. The van der Waals surface area contributed by atoms with Gasteiger partial charge in [0, 0.05) is 12.6 Å². The number of hydrogen-bond donors (Lipinski definition) is 1. The van der Waals surface area contributed by atoms with Crippen LogP contribution in [0.5, 0.6) is 11.5 Å². The van der Waals surface area contributed by atoms with E-state index in [2.05, 4.69) is 0 Å². The van der Waals surface area contributed by atoms with Gasteiger partial charge in [-0.05, 0) is 23.8 Å². The highest BCUT2D eigenvalue weighted by molar-refractivity contribution is 5.94. The van der Waals surface area contributed by atoms with Crippen molar-refractivity contribution in [1.82, 2.24) is 4.90 Å². The number of benzene rings is 1. The van der Waals surface area contributed by atoms with Crippen LogP contribution in [0.3, 0.4) is 0 Å². The highest BCUT2D eigenvalue weighted by Crippen LogP contribution is 2.32. The van der Waals surface area contributed by atoms with Crippen molar-refractivity contribution in [3.63, 3.8) is 0 Å². The number of rotatable bonds is 3. The Kier molecular flexibility index (Phi) is 3.97. The predicted molar refractivity (Wildman–Crippen MR) is 75.6 cm³/mol. The Bertz CT molecular complexity index is 626. The van der Waals surface area contributed by atoms with Crippen LogP contribution in [0.25, 0.3) is 6.08 Å². The van der Waals surface area contributed by atoms with Gasteiger partial charge in [-0.1, -0.05) is 6.07 Å². The van der Waals surface area contributed by atoms with Gasteiger partial charge in [0.25, 0.3) is 0 Å². The van der Waals surface area contributed by atoms with Crippen LogP contribution in [-0.4, -0.2) is 54.5 Å². The summed E-state index contributed by atoms with van der Waals surface area (Å²) in [7, 11) is 0. The van der Waals surface area contributed by atoms with Crippen LogP contribution in [-0.2, 0) is 14.3 Å². The maximum atomic E-state index is 12.2. The minimum Gasteiger partial charge on any atom is -0.480 e. The van der Waals surface area contributed by atoms with Gasteiger partial charge in [-0.25, -0.2) is 4.79 Å². The molecule has 1 N–H and O–H groups in total. The summed E-state index contributed by atoms with van der Waals surface area (Å²) < 4.78 is 15.6. The Morgan fingerprint density at radius 2 is 2.09 bits per heavy atom. The van der Waals surface area contributed by atoms with Gasteiger partial charge in [-0.2, -0.15) is 0 Å². The summed E-state index contributed by atoms with van der Waals surface area (Å²) in [5, 5.41) is 9.12. The van der Waals surface area contributed by atoms with Crippen molar-refractivity contribution in [2.45, 2.75) is 6.04 Å². The van der Waals surface area contributed by atoms with Crippen LogP contribution in [0.4, 0.5) is 0 Å². The van der Waals surface area contributed by atoms with E-state index in [1.165, 1.54) is 11.0 Å². The lowest BCUT2D eigenvalue weighted by Crippen LogP contribution is -2.52. The summed E-state index contributed by atoms with van der Waals surface area (Å²) >= 11 is 0. The standard InChI is InChI=1S/C15H15NO6/c17-14(16-5-6-20-8-11(16)15(18)19)4-2-10-1-3-12-13(7-10)22-9-21-12/h1-4,7,11H,5-6,8-9H2,(H,18,19). The summed E-state index contributed by atoms with van der Waals surface area (Å²) in [4.78, 5) is 24.6. The minimum atomic E-state index is -1.07. The lowest BCUT2D eigenvalue weighted by molar-refractivity contribution is -0.156. The Balaban J connectivity index is 1.71. The fourth-order valence-electron chi connectivity index (χ4n) is 2.35. The molecule has 1 amide bonds. The van der Waals surface area contributed by atoms with E-state index in [-0.39, 0.29) is 25.9 Å². The third-order valence-corrected chi connectivity index (χ3v) is 3.51. The van der Waals surface area contributed by atoms with E-state index < -0.39 is 12.0 Å². The Hall–Kier alpha value is -2.54. The molecular formula is C15H15NO6. The monoisotopic (exact) mass is 305 g/mol. The van der Waals surface area contributed by atoms with Crippen molar-refractivity contribution in [2.24, 2.45) is 0 Å². The van der Waals surface area contributed by atoms with E-state index in [1.807, 2.05) is 0 Å². The number of ether oxygens (including phenoxy) is 3. The first-order valence-corrected chi connectivity index (χ1v) is 6.84. The lowest BCUT2D eigenvalue weighted by Gasteiger charge is -2.31. The van der Waals surface area contributed by atoms with E-state index in [0.29, 0.717) is 18.1 Å². The molecule has 2 aliphatic rings. The van der Waals surface area contributed by atoms with Crippen molar-refractivity contribution in [2.75, 3.05) is 26.6 Å². The number of hydrogen-bond acceptors (Lipinski definition) is 5. The maximum absolute atomic E-state index is 12.2. The van der Waals surface area contributed by atoms with Crippen molar-refractivity contribution in [1.29, 1.82) is 0 Å². The molecule has 7 heteroatoms. The Morgan fingerprint density at radius 1 is 1.27 bits per heavy atom. The number of carbonyl (C=O) groups is 2. The molecule has 1 atom stereocenters. The molecule has 3 rings (SSSR count). The zero-order valence-electron chi connectivity index (χ0n) is 11.7. The number of carbonyl (C=O) groups excluding carboxylic acids is 1. The zero-order chi connectivity index (χ0) is 15.5. The number of carboxylic acids is 1. The van der Waals surface area contributed by atoms with Crippen molar-refractivity contribution in [3.8, 4) is 11.5 Å². The van der Waals surface area contributed by atoms with Crippen LogP contribution in [0.2, 0.25) is 0 Å². The summed E-state index contributed by atoms with van der Waals surface area (Å²) in [6.07, 6.45) is 2.98. The highest BCUT2D eigenvalue weighted by atomic mass is 16.7. The molecule has 116 valence electrons. The van der Waals surface area contributed by atoms with Crippen LogP contribution < -0.4 is 9.47 Å². The van der Waals surface area contributed by atoms with Gasteiger partial charge >= 0.3 is 5.97 Å². The highest BCUT2D eigenvalue weighted by Gasteiger charge is 2.31. The molecule has 0 bridgehead atoms. The number of aliphatic carboxylic acids is 1. The van der Waals surface area contributed by atoms with E-state index >= 15 is 0 Å². The Morgan fingerprint density at radius 3 is 2.91 bits per heavy atom. The SMILES string of the molecule is O=C(O)C1COCCN1C(=O)C=Cc1ccc2c(c1)OCO2. The number of amides is 1. The molecule has 0 aliphatic carbocycles. The van der Waals surface area contributed by atoms with Crippen LogP contribution in [0.1, 0.15) is 5.56 Å². The van der Waals surface area contributed by atoms with Crippen molar-refractivity contribution < 1.29 is 28.9 Å². The summed E-state index contributed by atoms with van der Waals surface area (Å²) in [6.45, 7) is 0.809. The molecule has 1 aromatic carbocycles. The van der Waals surface area contributed by atoms with E-state index in [0.717, 1.165) is 5.56 Å². The lowest BCUT2D eigenvalue weighted by atomic mass is 10.1. The van der Waals surface area contributed by atoms with Gasteiger partial charge in [-0.3, -0.25) is 4.79 Å². The number of nitrogens with zero attached hydrogens (tertiary/aromatic N) is 1. The molecule has 0 aromatic heterocycles. The van der Waals surface area contributed by atoms with Crippen molar-refractivity contribution >= 4 is 18.0 Å². The molecule has 0 spiro atoms. The van der Waals surface area contributed by atoms with Crippen LogP contribution in [0.15, 0.2) is 24.3 Å². The topological polar surface area (TPSA) is 85.3 Å². The van der Waals surface area contributed by atoms with Gasteiger partial charge in [0.15, 0.2) is 17.5 Å². The molecule has 0 saturated carbocycles. The Labute approximate surface area is 126 Å². The van der Waals surface area contributed by atoms with Gasteiger partial charge in [0.05, 0.1) is 13.2 Å². The second-order valence-electron chi connectivity index (χ2n) is 4.91. The molecule has 2 heterocycles. The zero-order valence-corrected chi connectivity index (χ0v) is 11.7. The van der Waals surface area contributed by atoms with Crippen molar-refractivity contribution in [3.05, 3.63) is 29.8 Å². The molecule has 1 aromatic rings. The number of fused-ring (bicyclic) bond motifs is 1. The third kappa shape index (κ3) is 2.89. The normalized spacial score (nSPS) is 20.4. The average Bonchev–Trinajstić information content (AvgIpc) is 3.00. The molecule has 1 fully saturated rings. The fraction of sp³-hybridized carbons (Fsp3) is 0.333. The van der Waals surface area contributed by atoms with E-state index in [4.69, 9.17) is 19.3 Å². The third-order valence-electron chi connectivity index (χ3n) is 3.51. The van der Waals surface area contributed by atoms with Crippen LogP contribution >= 0.6 is 0 Å². The quantitative estimate of drug-likeness (QED) is 0.829. The van der Waals surface area contributed by atoms with Crippen LogP contribution in [0, 0.1) is 0 Å². The summed E-state index contributed by atoms with van der Waals surface area (Å²) in [5.74, 6) is -0.120. The fourth-order valence-corrected chi connectivity index (χ4v) is 2.35. The van der Waals surface area contributed by atoms with Gasteiger partial charge in [0.1, 0.15) is 0 Å². The smallest absolute Gasteiger partial charge is 0.328 e. The first-order valence-electron chi connectivity index (χ1n) is 6.84. The molecule has 1 saturated heterocycles. The largest absolute Gasteiger partial charge is 0.480 e. The average molecular weight is 305 g/mol. The predicted octanol–water partition coefficient (Wildman–Crippen LogP) is 0.740.